The Kier molecular flexibility index (Phi) is 3.54. The molecule has 0 fully saturated rings. The predicted octanol–water partition coefficient (Wildman–Crippen LogP) is 4.19. The first-order chi connectivity index (χ1) is 7.70. The molecular weight excluding hydrogens is 332 g/mol. The predicted molar refractivity (Wildman–Crippen MR) is 72.4 cm³/mol. The molecular formula is C12H8Br2N2. The largest absolute Gasteiger partial charge is 0.361 e. The molecule has 0 atom stereocenters. The highest BCUT2D eigenvalue weighted by atomic mass is 79.9. The maximum absolute atomic E-state index is 8.98. The van der Waals surface area contributed by atoms with Crippen molar-refractivity contribution in [3.05, 3.63) is 56.5 Å². The summed E-state index contributed by atoms with van der Waals surface area (Å²) < 4.78 is 2.05. The summed E-state index contributed by atoms with van der Waals surface area (Å²) in [5.74, 6) is 0. The SMILES string of the molecule is [N-]=[N+]=C1CC(Br)=CC=C1c1ccc(Br)cc1. The average molecular weight is 340 g/mol. The molecule has 0 radical (unpaired) electrons. The zero-order valence-electron chi connectivity index (χ0n) is 8.32. The van der Waals surface area contributed by atoms with E-state index >= 15 is 0 Å². The minimum atomic E-state index is 0.623. The molecule has 0 amide bonds. The maximum Gasteiger partial charge on any atom is 0.304 e. The van der Waals surface area contributed by atoms with Crippen LogP contribution in [0, 0.1) is 0 Å². The zero-order chi connectivity index (χ0) is 11.5. The molecule has 0 heterocycles. The normalized spacial score (nSPS) is 15.2. The van der Waals surface area contributed by atoms with Crippen LogP contribution in [0.3, 0.4) is 0 Å². The van der Waals surface area contributed by atoms with E-state index in [-0.39, 0.29) is 0 Å². The third-order valence-electron chi connectivity index (χ3n) is 2.35. The molecule has 0 spiro atoms. The van der Waals surface area contributed by atoms with Crippen LogP contribution in [0.4, 0.5) is 0 Å². The molecule has 0 aliphatic heterocycles. The fourth-order valence-electron chi connectivity index (χ4n) is 1.57. The lowest BCUT2D eigenvalue weighted by Crippen LogP contribution is -2.06. The molecule has 2 nitrogen and oxygen atoms in total. The molecule has 0 N–H and O–H groups in total. The van der Waals surface area contributed by atoms with Crippen LogP contribution in [0.25, 0.3) is 11.1 Å². The maximum atomic E-state index is 8.98. The molecule has 0 bridgehead atoms. The van der Waals surface area contributed by atoms with E-state index < -0.39 is 0 Å². The molecule has 1 aliphatic carbocycles. The topological polar surface area (TPSA) is 36.4 Å². The molecule has 1 aromatic carbocycles. The summed E-state index contributed by atoms with van der Waals surface area (Å²) in [6.45, 7) is 0. The highest BCUT2D eigenvalue weighted by Gasteiger charge is 2.21. The number of nitrogens with zero attached hydrogens (tertiary/aromatic N) is 2. The Balaban J connectivity index is 2.47. The molecule has 80 valence electrons. The highest BCUT2D eigenvalue weighted by molar-refractivity contribution is 9.11. The lowest BCUT2D eigenvalue weighted by Gasteiger charge is -2.07. The second-order valence-electron chi connectivity index (χ2n) is 3.42. The van der Waals surface area contributed by atoms with Gasteiger partial charge in [0.25, 0.3) is 0 Å². The van der Waals surface area contributed by atoms with Crippen molar-refractivity contribution in [1.29, 1.82) is 0 Å². The Morgan fingerprint density at radius 3 is 2.38 bits per heavy atom. The van der Waals surface area contributed by atoms with Crippen molar-refractivity contribution in [1.82, 2.24) is 0 Å². The molecule has 2 rings (SSSR count). The third kappa shape index (κ3) is 2.40. The summed E-state index contributed by atoms with van der Waals surface area (Å²) in [5.41, 5.74) is 11.7. The van der Waals surface area contributed by atoms with Gasteiger partial charge in [-0.25, -0.2) is 0 Å². The molecule has 0 aromatic heterocycles. The van der Waals surface area contributed by atoms with Gasteiger partial charge in [0.15, 0.2) is 0 Å². The minimum absolute atomic E-state index is 0.623. The number of hydrogen-bond donors (Lipinski definition) is 0. The fraction of sp³-hybridized carbons (Fsp3) is 0.0833. The highest BCUT2D eigenvalue weighted by Crippen LogP contribution is 2.27. The van der Waals surface area contributed by atoms with Gasteiger partial charge in [-0.3, -0.25) is 0 Å². The lowest BCUT2D eigenvalue weighted by molar-refractivity contribution is -0.00451. The van der Waals surface area contributed by atoms with Gasteiger partial charge in [0, 0.05) is 8.96 Å². The van der Waals surface area contributed by atoms with Gasteiger partial charge in [-0.2, -0.15) is 4.79 Å². The van der Waals surface area contributed by atoms with E-state index in [9.17, 15) is 0 Å². The number of halogens is 2. The van der Waals surface area contributed by atoms with E-state index in [0.29, 0.717) is 12.1 Å². The Bertz CT molecular complexity index is 520. The van der Waals surface area contributed by atoms with Crippen molar-refractivity contribution in [2.24, 2.45) is 0 Å². The van der Waals surface area contributed by atoms with Gasteiger partial charge in [-0.05, 0) is 23.8 Å². The molecule has 16 heavy (non-hydrogen) atoms. The van der Waals surface area contributed by atoms with Crippen molar-refractivity contribution in [3.8, 4) is 0 Å². The first-order valence-electron chi connectivity index (χ1n) is 4.74. The monoisotopic (exact) mass is 338 g/mol. The van der Waals surface area contributed by atoms with Crippen LogP contribution in [-0.2, 0) is 0 Å². The summed E-state index contributed by atoms with van der Waals surface area (Å²) in [4.78, 5) is 3.34. The van der Waals surface area contributed by atoms with Crippen molar-refractivity contribution in [2.45, 2.75) is 6.42 Å². The van der Waals surface area contributed by atoms with Gasteiger partial charge in [-0.15, -0.1) is 0 Å². The minimum Gasteiger partial charge on any atom is -0.361 e. The van der Waals surface area contributed by atoms with Crippen LogP contribution in [0.5, 0.6) is 0 Å². The smallest absolute Gasteiger partial charge is 0.304 e. The third-order valence-corrected chi connectivity index (χ3v) is 3.43. The van der Waals surface area contributed by atoms with E-state index in [4.69, 9.17) is 5.53 Å². The molecule has 0 saturated carbocycles. The van der Waals surface area contributed by atoms with Crippen molar-refractivity contribution >= 4 is 43.1 Å². The molecule has 0 saturated heterocycles. The van der Waals surface area contributed by atoms with Crippen molar-refractivity contribution in [2.75, 3.05) is 0 Å². The second-order valence-corrected chi connectivity index (χ2v) is 5.36. The van der Waals surface area contributed by atoms with E-state index in [0.717, 1.165) is 20.1 Å². The van der Waals surface area contributed by atoms with Gasteiger partial charge < -0.3 is 5.53 Å². The Morgan fingerprint density at radius 2 is 1.75 bits per heavy atom. The number of hydrogen-bond acceptors (Lipinski definition) is 0. The number of rotatable bonds is 1. The summed E-state index contributed by atoms with van der Waals surface area (Å²) >= 11 is 6.79. The van der Waals surface area contributed by atoms with Crippen LogP contribution in [0.1, 0.15) is 12.0 Å². The van der Waals surface area contributed by atoms with E-state index in [2.05, 4.69) is 36.6 Å². The Morgan fingerprint density at radius 1 is 1.06 bits per heavy atom. The number of benzene rings is 1. The first kappa shape index (κ1) is 11.5. The van der Waals surface area contributed by atoms with Crippen LogP contribution in [0.2, 0.25) is 0 Å². The van der Waals surface area contributed by atoms with Crippen LogP contribution >= 0.6 is 31.9 Å². The number of allylic oxidation sites excluding steroid dienone is 4. The summed E-state index contributed by atoms with van der Waals surface area (Å²) in [6, 6.07) is 7.93. The van der Waals surface area contributed by atoms with Crippen LogP contribution in [0.15, 0.2) is 45.4 Å². The van der Waals surface area contributed by atoms with E-state index in [1.165, 1.54) is 0 Å². The van der Waals surface area contributed by atoms with Gasteiger partial charge in [-0.1, -0.05) is 50.1 Å². The van der Waals surface area contributed by atoms with Crippen LogP contribution in [-0.4, -0.2) is 10.5 Å². The van der Waals surface area contributed by atoms with Crippen molar-refractivity contribution < 1.29 is 4.79 Å². The summed E-state index contributed by atoms with van der Waals surface area (Å²) in [5, 5.41) is 0. The Hall–Kier alpha value is -0.960. The van der Waals surface area contributed by atoms with E-state index in [1.807, 2.05) is 36.4 Å². The van der Waals surface area contributed by atoms with Crippen molar-refractivity contribution in [3.63, 3.8) is 0 Å². The fourth-order valence-corrected chi connectivity index (χ4v) is 2.23. The van der Waals surface area contributed by atoms with Gasteiger partial charge in [0.05, 0.1) is 12.0 Å². The average Bonchev–Trinajstić information content (AvgIpc) is 2.30. The quantitative estimate of drug-likeness (QED) is 0.543. The molecule has 1 aliphatic rings. The Labute approximate surface area is 111 Å². The molecule has 0 unspecified atom stereocenters. The molecule has 1 aromatic rings. The standard InChI is InChI=1S/C12H8Br2N2/c13-9-3-1-8(2-4-9)11-6-5-10(14)7-12(11)16-15/h1-6H,7H2. The zero-order valence-corrected chi connectivity index (χ0v) is 11.5. The van der Waals surface area contributed by atoms with Gasteiger partial charge in [0.1, 0.15) is 0 Å². The van der Waals surface area contributed by atoms with Gasteiger partial charge >= 0.3 is 5.71 Å². The second kappa shape index (κ2) is 4.91. The summed E-state index contributed by atoms with van der Waals surface area (Å²) in [6.07, 6.45) is 4.55. The summed E-state index contributed by atoms with van der Waals surface area (Å²) in [7, 11) is 0. The first-order valence-corrected chi connectivity index (χ1v) is 6.33. The van der Waals surface area contributed by atoms with Crippen LogP contribution < -0.4 is 0 Å². The lowest BCUT2D eigenvalue weighted by atomic mass is 9.95. The molecule has 4 heteroatoms. The van der Waals surface area contributed by atoms with Gasteiger partial charge in [0.2, 0.25) is 0 Å². The van der Waals surface area contributed by atoms with E-state index in [1.54, 1.807) is 0 Å².